The van der Waals surface area contributed by atoms with Gasteiger partial charge in [0.05, 0.1) is 6.61 Å². The van der Waals surface area contributed by atoms with Crippen LogP contribution in [0.2, 0.25) is 0 Å². The number of aromatic nitrogens is 3. The van der Waals surface area contributed by atoms with Gasteiger partial charge in [0.25, 0.3) is 0 Å². The molecule has 0 radical (unpaired) electrons. The average Bonchev–Trinajstić information content (AvgIpc) is 2.43. The molecule has 0 aromatic carbocycles. The van der Waals surface area contributed by atoms with Crippen LogP contribution >= 0.6 is 0 Å². The van der Waals surface area contributed by atoms with Gasteiger partial charge >= 0.3 is 6.01 Å². The van der Waals surface area contributed by atoms with E-state index in [1.807, 2.05) is 6.92 Å². The fourth-order valence-electron chi connectivity index (χ4n) is 1.65. The van der Waals surface area contributed by atoms with Crippen LogP contribution in [-0.4, -0.2) is 52.6 Å². The Morgan fingerprint density at radius 3 is 2.67 bits per heavy atom. The van der Waals surface area contributed by atoms with Crippen LogP contribution in [0.1, 0.15) is 40.0 Å². The van der Waals surface area contributed by atoms with Gasteiger partial charge in [0.2, 0.25) is 11.9 Å². The lowest BCUT2D eigenvalue weighted by molar-refractivity contribution is 0.269. The molecule has 0 aliphatic carbocycles. The van der Waals surface area contributed by atoms with Crippen molar-refractivity contribution in [3.63, 3.8) is 0 Å². The number of hydrogen-bond acceptors (Lipinski definition) is 7. The van der Waals surface area contributed by atoms with Gasteiger partial charge in [-0.2, -0.15) is 15.0 Å². The SMILES string of the molecule is CCCOc1nc(N)nc(NCCCCN(C)C(C)C)n1. The van der Waals surface area contributed by atoms with E-state index in [-0.39, 0.29) is 12.0 Å². The zero-order valence-electron chi connectivity index (χ0n) is 13.6. The number of rotatable bonds is 10. The highest BCUT2D eigenvalue weighted by atomic mass is 16.5. The van der Waals surface area contributed by atoms with E-state index in [2.05, 4.69) is 46.1 Å². The van der Waals surface area contributed by atoms with E-state index in [1.165, 1.54) is 0 Å². The van der Waals surface area contributed by atoms with Crippen molar-refractivity contribution in [3.8, 4) is 6.01 Å². The maximum Gasteiger partial charge on any atom is 0.323 e. The second-order valence-corrected chi connectivity index (χ2v) is 5.36. The molecule has 3 N–H and O–H groups in total. The van der Waals surface area contributed by atoms with E-state index in [0.717, 1.165) is 32.4 Å². The molecule has 1 aromatic heterocycles. The van der Waals surface area contributed by atoms with Crippen LogP contribution in [0.4, 0.5) is 11.9 Å². The summed E-state index contributed by atoms with van der Waals surface area (Å²) in [6, 6.07) is 0.867. The first kappa shape index (κ1) is 17.4. The van der Waals surface area contributed by atoms with Gasteiger partial charge < -0.3 is 20.7 Å². The van der Waals surface area contributed by atoms with Crippen LogP contribution in [0, 0.1) is 0 Å². The fourth-order valence-corrected chi connectivity index (χ4v) is 1.65. The van der Waals surface area contributed by atoms with Crippen LogP contribution in [0.5, 0.6) is 6.01 Å². The van der Waals surface area contributed by atoms with Crippen molar-refractivity contribution >= 4 is 11.9 Å². The van der Waals surface area contributed by atoms with Gasteiger partial charge in [-0.15, -0.1) is 0 Å². The van der Waals surface area contributed by atoms with E-state index >= 15 is 0 Å². The summed E-state index contributed by atoms with van der Waals surface area (Å²) < 4.78 is 5.37. The molecule has 7 nitrogen and oxygen atoms in total. The van der Waals surface area contributed by atoms with Crippen molar-refractivity contribution in [2.75, 3.05) is 37.8 Å². The summed E-state index contributed by atoms with van der Waals surface area (Å²) >= 11 is 0. The number of hydrogen-bond donors (Lipinski definition) is 2. The standard InChI is InChI=1S/C14H28N6O/c1-5-10-21-14-18-12(15)17-13(19-14)16-8-6-7-9-20(4)11(2)3/h11H,5-10H2,1-4H3,(H3,15,16,17,18,19). The first-order valence-electron chi connectivity index (χ1n) is 7.61. The third-order valence-electron chi connectivity index (χ3n) is 3.17. The third kappa shape index (κ3) is 7.08. The molecule has 0 unspecified atom stereocenters. The van der Waals surface area contributed by atoms with Crippen LogP contribution in [0.15, 0.2) is 0 Å². The molecule has 0 saturated carbocycles. The second-order valence-electron chi connectivity index (χ2n) is 5.36. The Hall–Kier alpha value is -1.63. The number of nitrogens with two attached hydrogens (primary N) is 1. The zero-order chi connectivity index (χ0) is 15.7. The number of nitrogens with zero attached hydrogens (tertiary/aromatic N) is 4. The lowest BCUT2D eigenvalue weighted by Gasteiger charge is -2.20. The van der Waals surface area contributed by atoms with Gasteiger partial charge in [-0.1, -0.05) is 6.92 Å². The molecule has 0 saturated heterocycles. The number of unbranched alkanes of at least 4 members (excludes halogenated alkanes) is 1. The molecule has 0 spiro atoms. The summed E-state index contributed by atoms with van der Waals surface area (Å²) in [6.07, 6.45) is 3.08. The van der Waals surface area contributed by atoms with Crippen molar-refractivity contribution in [3.05, 3.63) is 0 Å². The van der Waals surface area contributed by atoms with Crippen LogP contribution in [-0.2, 0) is 0 Å². The second kappa shape index (κ2) is 9.33. The fraction of sp³-hybridized carbons (Fsp3) is 0.786. The predicted molar refractivity (Wildman–Crippen MR) is 85.5 cm³/mol. The van der Waals surface area contributed by atoms with Gasteiger partial charge in [-0.3, -0.25) is 0 Å². The highest BCUT2D eigenvalue weighted by Gasteiger charge is 2.05. The minimum atomic E-state index is 0.179. The molecule has 0 fully saturated rings. The van der Waals surface area contributed by atoms with E-state index < -0.39 is 0 Å². The van der Waals surface area contributed by atoms with E-state index in [9.17, 15) is 0 Å². The molecule has 1 aromatic rings. The minimum Gasteiger partial charge on any atom is -0.463 e. The highest BCUT2D eigenvalue weighted by molar-refractivity contribution is 5.32. The summed E-state index contributed by atoms with van der Waals surface area (Å²) in [4.78, 5) is 14.5. The summed E-state index contributed by atoms with van der Waals surface area (Å²) in [5.41, 5.74) is 5.65. The Labute approximate surface area is 127 Å². The van der Waals surface area contributed by atoms with Gasteiger partial charge in [0, 0.05) is 12.6 Å². The number of nitrogens with one attached hydrogen (secondary N) is 1. The van der Waals surface area contributed by atoms with E-state index in [0.29, 0.717) is 18.6 Å². The topological polar surface area (TPSA) is 89.2 Å². The molecule has 120 valence electrons. The largest absolute Gasteiger partial charge is 0.463 e. The zero-order valence-corrected chi connectivity index (χ0v) is 13.6. The van der Waals surface area contributed by atoms with Crippen molar-refractivity contribution in [1.29, 1.82) is 0 Å². The van der Waals surface area contributed by atoms with E-state index in [4.69, 9.17) is 10.5 Å². The Morgan fingerprint density at radius 2 is 2.00 bits per heavy atom. The summed E-state index contributed by atoms with van der Waals surface area (Å²) in [5, 5.41) is 3.16. The first-order valence-corrected chi connectivity index (χ1v) is 7.61. The summed E-state index contributed by atoms with van der Waals surface area (Å²) in [7, 11) is 2.14. The first-order chi connectivity index (χ1) is 10.0. The molecule has 7 heteroatoms. The molecule has 0 aliphatic rings. The molecule has 21 heavy (non-hydrogen) atoms. The van der Waals surface area contributed by atoms with Gasteiger partial charge in [0.1, 0.15) is 0 Å². The third-order valence-corrected chi connectivity index (χ3v) is 3.17. The number of anilines is 2. The Balaban J connectivity index is 2.33. The molecular formula is C14H28N6O. The summed E-state index contributed by atoms with van der Waals surface area (Å²) in [6.45, 7) is 8.89. The normalized spacial score (nSPS) is 11.1. The van der Waals surface area contributed by atoms with Gasteiger partial charge in [-0.05, 0) is 46.7 Å². The predicted octanol–water partition coefficient (Wildman–Crippen LogP) is 1.77. The van der Waals surface area contributed by atoms with Crippen LogP contribution in [0.3, 0.4) is 0 Å². The average molecular weight is 296 g/mol. The quantitative estimate of drug-likeness (QED) is 0.636. The molecule has 0 atom stereocenters. The minimum absolute atomic E-state index is 0.179. The molecule has 0 aliphatic heterocycles. The monoisotopic (exact) mass is 296 g/mol. The van der Waals surface area contributed by atoms with Crippen LogP contribution < -0.4 is 15.8 Å². The smallest absolute Gasteiger partial charge is 0.323 e. The Kier molecular flexibility index (Phi) is 7.74. The lowest BCUT2D eigenvalue weighted by Crippen LogP contribution is -2.27. The molecule has 1 heterocycles. The lowest BCUT2D eigenvalue weighted by atomic mass is 10.2. The maximum absolute atomic E-state index is 5.65. The van der Waals surface area contributed by atoms with Gasteiger partial charge in [0.15, 0.2) is 0 Å². The molecule has 1 rings (SSSR count). The molecule has 0 bridgehead atoms. The Morgan fingerprint density at radius 1 is 1.24 bits per heavy atom. The number of ether oxygens (including phenoxy) is 1. The highest BCUT2D eigenvalue weighted by Crippen LogP contribution is 2.09. The number of nitrogen functional groups attached to an aromatic ring is 1. The van der Waals surface area contributed by atoms with Crippen molar-refractivity contribution in [2.45, 2.75) is 46.1 Å². The molecule has 0 amide bonds. The Bertz CT molecular complexity index is 412. The summed E-state index contributed by atoms with van der Waals surface area (Å²) in [5.74, 6) is 0.656. The van der Waals surface area contributed by atoms with Crippen molar-refractivity contribution < 1.29 is 4.74 Å². The molecular weight excluding hydrogens is 268 g/mol. The van der Waals surface area contributed by atoms with Gasteiger partial charge in [-0.25, -0.2) is 0 Å². The maximum atomic E-state index is 5.65. The van der Waals surface area contributed by atoms with Crippen molar-refractivity contribution in [1.82, 2.24) is 19.9 Å². The van der Waals surface area contributed by atoms with Crippen molar-refractivity contribution in [2.24, 2.45) is 0 Å². The van der Waals surface area contributed by atoms with E-state index in [1.54, 1.807) is 0 Å². The van der Waals surface area contributed by atoms with Crippen LogP contribution in [0.25, 0.3) is 0 Å².